The Balaban J connectivity index is 2.14. The molecule has 16 heavy (non-hydrogen) atoms. The lowest BCUT2D eigenvalue weighted by molar-refractivity contribution is 0.101. The van der Waals surface area contributed by atoms with E-state index in [0.717, 1.165) is 0 Å². The number of aromatic nitrogens is 3. The molecule has 0 radical (unpaired) electrons. The molecule has 0 unspecified atom stereocenters. The van der Waals surface area contributed by atoms with Crippen molar-refractivity contribution in [1.82, 2.24) is 15.1 Å². The summed E-state index contributed by atoms with van der Waals surface area (Å²) in [6.45, 7) is 1.75. The van der Waals surface area contributed by atoms with Crippen molar-refractivity contribution in [1.29, 1.82) is 0 Å². The van der Waals surface area contributed by atoms with E-state index < -0.39 is 5.91 Å². The van der Waals surface area contributed by atoms with Crippen molar-refractivity contribution in [2.24, 2.45) is 0 Å². The molecule has 7 nitrogen and oxygen atoms in total. The van der Waals surface area contributed by atoms with Gasteiger partial charge in [-0.1, -0.05) is 5.16 Å². The smallest absolute Gasteiger partial charge is 0.278 e. The minimum Gasteiger partial charge on any atom is -0.382 e. The van der Waals surface area contributed by atoms with E-state index in [-0.39, 0.29) is 17.4 Å². The molecule has 2 rings (SSSR count). The molecule has 1 amide bonds. The minimum atomic E-state index is -0.448. The van der Waals surface area contributed by atoms with Crippen LogP contribution in [0.5, 0.6) is 0 Å². The van der Waals surface area contributed by atoms with E-state index in [4.69, 9.17) is 10.3 Å². The van der Waals surface area contributed by atoms with E-state index in [9.17, 15) is 4.79 Å². The summed E-state index contributed by atoms with van der Waals surface area (Å²) in [5.74, 6) is -0.0101. The van der Waals surface area contributed by atoms with Crippen LogP contribution in [0.3, 0.4) is 0 Å². The second-order valence-corrected chi connectivity index (χ2v) is 3.12. The molecule has 82 valence electrons. The third kappa shape index (κ3) is 2.14. The number of nitrogens with zero attached hydrogens (tertiary/aromatic N) is 3. The summed E-state index contributed by atoms with van der Waals surface area (Å²) in [4.78, 5) is 19.2. The summed E-state index contributed by atoms with van der Waals surface area (Å²) >= 11 is 0. The highest BCUT2D eigenvalue weighted by atomic mass is 16.5. The van der Waals surface area contributed by atoms with Gasteiger partial charge in [0.05, 0.1) is 18.1 Å². The van der Waals surface area contributed by atoms with E-state index in [0.29, 0.717) is 5.69 Å². The molecule has 0 aromatic carbocycles. The Hall–Kier alpha value is -2.44. The van der Waals surface area contributed by atoms with Crippen molar-refractivity contribution in [3.05, 3.63) is 29.8 Å². The fraction of sp³-hybridized carbons (Fsp3) is 0.111. The lowest BCUT2D eigenvalue weighted by atomic mass is 10.4. The number of hydrogen-bond acceptors (Lipinski definition) is 6. The molecule has 0 fully saturated rings. The largest absolute Gasteiger partial charge is 0.382 e. The summed E-state index contributed by atoms with van der Waals surface area (Å²) in [6.07, 6.45) is 2.67. The van der Waals surface area contributed by atoms with Crippen LogP contribution >= 0.6 is 0 Å². The Morgan fingerprint density at radius 3 is 2.94 bits per heavy atom. The van der Waals surface area contributed by atoms with Crippen molar-refractivity contribution in [3.8, 4) is 0 Å². The zero-order valence-corrected chi connectivity index (χ0v) is 8.47. The van der Waals surface area contributed by atoms with Gasteiger partial charge in [-0.15, -0.1) is 0 Å². The molecule has 7 heteroatoms. The van der Waals surface area contributed by atoms with Crippen LogP contribution in [-0.2, 0) is 0 Å². The Bertz CT molecular complexity index is 522. The molecule has 0 aliphatic carbocycles. The fourth-order valence-corrected chi connectivity index (χ4v) is 1.09. The molecule has 0 bridgehead atoms. The summed E-state index contributed by atoms with van der Waals surface area (Å²) in [6, 6.07) is 1.59. The van der Waals surface area contributed by atoms with E-state index in [1.807, 2.05) is 0 Å². The van der Waals surface area contributed by atoms with Crippen molar-refractivity contribution in [2.75, 3.05) is 11.1 Å². The molecule has 2 heterocycles. The maximum Gasteiger partial charge on any atom is 0.278 e. The van der Waals surface area contributed by atoms with Crippen molar-refractivity contribution >= 4 is 17.6 Å². The van der Waals surface area contributed by atoms with Gasteiger partial charge in [-0.3, -0.25) is 15.1 Å². The molecule has 2 aromatic heterocycles. The SMILES string of the molecule is Cc1cc(NC(=O)c2cncc(N)n2)on1. The number of nitrogen functional groups attached to an aromatic ring is 1. The average Bonchev–Trinajstić information content (AvgIpc) is 2.64. The zero-order chi connectivity index (χ0) is 11.5. The van der Waals surface area contributed by atoms with Crippen LogP contribution in [0.1, 0.15) is 16.2 Å². The van der Waals surface area contributed by atoms with Crippen LogP contribution in [0.2, 0.25) is 0 Å². The second kappa shape index (κ2) is 3.97. The molecule has 0 aliphatic heterocycles. The monoisotopic (exact) mass is 219 g/mol. The van der Waals surface area contributed by atoms with Gasteiger partial charge >= 0.3 is 0 Å². The predicted molar refractivity (Wildman–Crippen MR) is 55.6 cm³/mol. The quantitative estimate of drug-likeness (QED) is 0.766. The highest BCUT2D eigenvalue weighted by molar-refractivity contribution is 6.02. The first-order chi connectivity index (χ1) is 7.65. The Morgan fingerprint density at radius 2 is 2.31 bits per heavy atom. The standard InChI is InChI=1S/C9H9N5O2/c1-5-2-8(16-14-5)13-9(15)6-3-11-4-7(10)12-6/h2-4H,1H3,(H2,10,12)(H,13,15). The first-order valence-corrected chi connectivity index (χ1v) is 4.47. The van der Waals surface area contributed by atoms with Gasteiger partial charge in [-0.05, 0) is 6.92 Å². The van der Waals surface area contributed by atoms with E-state index in [2.05, 4.69) is 20.4 Å². The molecule has 0 saturated heterocycles. The number of nitrogens with two attached hydrogens (primary N) is 1. The van der Waals surface area contributed by atoms with Gasteiger partial charge in [0.25, 0.3) is 5.91 Å². The lowest BCUT2D eigenvalue weighted by Gasteiger charge is -1.99. The predicted octanol–water partition coefficient (Wildman–Crippen LogP) is 0.608. The van der Waals surface area contributed by atoms with Gasteiger partial charge in [0.1, 0.15) is 11.5 Å². The first kappa shape index (κ1) is 10.1. The Labute approximate surface area is 90.7 Å². The number of nitrogens with one attached hydrogen (secondary N) is 1. The third-order valence-corrected chi connectivity index (χ3v) is 1.75. The number of amides is 1. The van der Waals surface area contributed by atoms with Gasteiger partial charge in [-0.2, -0.15) is 0 Å². The molecule has 0 atom stereocenters. The Kier molecular flexibility index (Phi) is 2.50. The topological polar surface area (TPSA) is 107 Å². The minimum absolute atomic E-state index is 0.119. The van der Waals surface area contributed by atoms with Crippen LogP contribution in [0.25, 0.3) is 0 Å². The number of anilines is 2. The van der Waals surface area contributed by atoms with E-state index >= 15 is 0 Å². The number of rotatable bonds is 2. The molecule has 3 N–H and O–H groups in total. The van der Waals surface area contributed by atoms with Gasteiger partial charge in [0.15, 0.2) is 0 Å². The van der Waals surface area contributed by atoms with Gasteiger partial charge < -0.3 is 10.3 Å². The van der Waals surface area contributed by atoms with Gasteiger partial charge in [0, 0.05) is 6.07 Å². The molecular formula is C9H9N5O2. The molecule has 2 aromatic rings. The number of hydrogen-bond donors (Lipinski definition) is 2. The second-order valence-electron chi connectivity index (χ2n) is 3.12. The number of aryl methyl sites for hydroxylation is 1. The fourth-order valence-electron chi connectivity index (χ4n) is 1.09. The highest BCUT2D eigenvalue weighted by Gasteiger charge is 2.10. The zero-order valence-electron chi connectivity index (χ0n) is 8.47. The summed E-state index contributed by atoms with van der Waals surface area (Å²) in [7, 11) is 0. The summed E-state index contributed by atoms with van der Waals surface area (Å²) in [5.41, 5.74) is 6.20. The highest BCUT2D eigenvalue weighted by Crippen LogP contribution is 2.09. The Morgan fingerprint density at radius 1 is 1.50 bits per heavy atom. The van der Waals surface area contributed by atoms with Crippen molar-refractivity contribution in [2.45, 2.75) is 6.92 Å². The summed E-state index contributed by atoms with van der Waals surface area (Å²) in [5, 5.41) is 6.11. The molecule has 0 spiro atoms. The van der Waals surface area contributed by atoms with Crippen LogP contribution < -0.4 is 11.1 Å². The maximum absolute atomic E-state index is 11.6. The maximum atomic E-state index is 11.6. The van der Waals surface area contributed by atoms with E-state index in [1.54, 1.807) is 13.0 Å². The van der Waals surface area contributed by atoms with Crippen LogP contribution in [0.15, 0.2) is 23.0 Å². The lowest BCUT2D eigenvalue weighted by Crippen LogP contribution is -2.14. The number of carbonyl (C=O) groups is 1. The van der Waals surface area contributed by atoms with E-state index in [1.165, 1.54) is 12.4 Å². The van der Waals surface area contributed by atoms with Crippen LogP contribution in [0, 0.1) is 6.92 Å². The van der Waals surface area contributed by atoms with Gasteiger partial charge in [-0.25, -0.2) is 4.98 Å². The average molecular weight is 219 g/mol. The summed E-state index contributed by atoms with van der Waals surface area (Å²) < 4.78 is 4.83. The van der Waals surface area contributed by atoms with Crippen LogP contribution in [0.4, 0.5) is 11.7 Å². The molecule has 0 aliphatic rings. The van der Waals surface area contributed by atoms with Crippen molar-refractivity contribution in [3.63, 3.8) is 0 Å². The molecule has 0 saturated carbocycles. The molecular weight excluding hydrogens is 210 g/mol. The van der Waals surface area contributed by atoms with Crippen LogP contribution in [-0.4, -0.2) is 21.0 Å². The normalized spacial score (nSPS) is 10.1. The van der Waals surface area contributed by atoms with Crippen molar-refractivity contribution < 1.29 is 9.32 Å². The number of carbonyl (C=O) groups excluding carboxylic acids is 1. The van der Waals surface area contributed by atoms with Gasteiger partial charge in [0.2, 0.25) is 5.88 Å². The first-order valence-electron chi connectivity index (χ1n) is 4.47. The third-order valence-electron chi connectivity index (χ3n) is 1.75.